The van der Waals surface area contributed by atoms with E-state index in [1.807, 2.05) is 22.9 Å². The van der Waals surface area contributed by atoms with Gasteiger partial charge in [-0.15, -0.1) is 0 Å². The van der Waals surface area contributed by atoms with Crippen molar-refractivity contribution >= 4 is 0 Å². The maximum Gasteiger partial charge on any atom is 0.145 e. The third-order valence-corrected chi connectivity index (χ3v) is 5.42. The van der Waals surface area contributed by atoms with E-state index >= 15 is 0 Å². The molecule has 0 saturated heterocycles. The lowest BCUT2D eigenvalue weighted by atomic mass is 9.74. The zero-order valence-electron chi connectivity index (χ0n) is 16.2. The standard InChI is InChI=1S/C22H25N3O3/c1-15(2)20-24-12-13-25(20)21-17(6-4-11-23-21)22(9-5-10-22)28-19-8-3-7-18(27)16(19)14-26/h3-4,6-8,11-13,15,26-27H,5,9-10,14H2,1-2H3. The number of aromatic hydroxyl groups is 1. The van der Waals surface area contributed by atoms with Crippen LogP contribution in [0, 0.1) is 0 Å². The molecule has 0 bridgehead atoms. The molecule has 6 nitrogen and oxygen atoms in total. The van der Waals surface area contributed by atoms with Gasteiger partial charge in [0.05, 0.1) is 12.2 Å². The largest absolute Gasteiger partial charge is 0.507 e. The van der Waals surface area contributed by atoms with E-state index in [0.717, 1.165) is 36.5 Å². The molecule has 2 heterocycles. The van der Waals surface area contributed by atoms with Gasteiger partial charge in [0.2, 0.25) is 0 Å². The number of ether oxygens (including phenoxy) is 1. The third-order valence-electron chi connectivity index (χ3n) is 5.42. The van der Waals surface area contributed by atoms with Gasteiger partial charge in [0, 0.05) is 30.1 Å². The van der Waals surface area contributed by atoms with Gasteiger partial charge in [0.1, 0.15) is 28.7 Å². The minimum Gasteiger partial charge on any atom is -0.507 e. The maximum atomic E-state index is 10.1. The monoisotopic (exact) mass is 379 g/mol. The molecule has 0 spiro atoms. The summed E-state index contributed by atoms with van der Waals surface area (Å²) in [5.41, 5.74) is 0.859. The molecule has 2 N–H and O–H groups in total. The Balaban J connectivity index is 1.80. The highest BCUT2D eigenvalue weighted by Gasteiger charge is 2.44. The summed E-state index contributed by atoms with van der Waals surface area (Å²) in [5, 5.41) is 19.8. The third kappa shape index (κ3) is 3.03. The molecule has 0 unspecified atom stereocenters. The Morgan fingerprint density at radius 3 is 2.64 bits per heavy atom. The van der Waals surface area contributed by atoms with Crippen molar-refractivity contribution in [2.45, 2.75) is 51.2 Å². The van der Waals surface area contributed by atoms with Gasteiger partial charge in [-0.3, -0.25) is 4.57 Å². The van der Waals surface area contributed by atoms with Crippen molar-refractivity contribution in [2.24, 2.45) is 0 Å². The number of aromatic nitrogens is 3. The van der Waals surface area contributed by atoms with E-state index in [1.165, 1.54) is 0 Å². The number of rotatable bonds is 6. The van der Waals surface area contributed by atoms with Crippen LogP contribution in [-0.4, -0.2) is 24.7 Å². The second-order valence-corrected chi connectivity index (χ2v) is 7.55. The Morgan fingerprint density at radius 1 is 1.14 bits per heavy atom. The molecule has 1 aliphatic rings. The van der Waals surface area contributed by atoms with E-state index in [4.69, 9.17) is 4.74 Å². The molecule has 0 atom stereocenters. The Bertz CT molecular complexity index is 977. The molecular formula is C22H25N3O3. The summed E-state index contributed by atoms with van der Waals surface area (Å²) in [6.07, 6.45) is 8.24. The van der Waals surface area contributed by atoms with Crippen molar-refractivity contribution in [2.75, 3.05) is 0 Å². The predicted molar refractivity (Wildman–Crippen MR) is 106 cm³/mol. The molecule has 4 rings (SSSR count). The minimum atomic E-state index is -0.542. The van der Waals surface area contributed by atoms with Crippen LogP contribution in [0.3, 0.4) is 0 Å². The molecule has 3 aromatic rings. The average molecular weight is 379 g/mol. The summed E-state index contributed by atoms with van der Waals surface area (Å²) in [4.78, 5) is 9.16. The quantitative estimate of drug-likeness (QED) is 0.675. The summed E-state index contributed by atoms with van der Waals surface area (Å²) in [6, 6.07) is 9.05. The van der Waals surface area contributed by atoms with E-state index in [1.54, 1.807) is 30.6 Å². The topological polar surface area (TPSA) is 80.4 Å². The molecule has 1 aromatic carbocycles. The van der Waals surface area contributed by atoms with Crippen molar-refractivity contribution in [1.82, 2.24) is 14.5 Å². The molecule has 0 radical (unpaired) electrons. The molecule has 1 saturated carbocycles. The number of aliphatic hydroxyl groups excluding tert-OH is 1. The highest BCUT2D eigenvalue weighted by atomic mass is 16.5. The van der Waals surface area contributed by atoms with E-state index in [-0.39, 0.29) is 18.3 Å². The van der Waals surface area contributed by atoms with Gasteiger partial charge < -0.3 is 14.9 Å². The van der Waals surface area contributed by atoms with Crippen LogP contribution < -0.4 is 4.74 Å². The van der Waals surface area contributed by atoms with Crippen LogP contribution in [0.15, 0.2) is 48.9 Å². The molecule has 0 aliphatic heterocycles. The fourth-order valence-corrected chi connectivity index (χ4v) is 3.81. The fraction of sp³-hybridized carbons (Fsp3) is 0.364. The van der Waals surface area contributed by atoms with Crippen molar-refractivity contribution in [1.29, 1.82) is 0 Å². The van der Waals surface area contributed by atoms with Crippen LogP contribution in [-0.2, 0) is 12.2 Å². The van der Waals surface area contributed by atoms with Gasteiger partial charge in [0.15, 0.2) is 0 Å². The number of aliphatic hydroxyl groups is 1. The predicted octanol–water partition coefficient (Wildman–Crippen LogP) is 4.05. The lowest BCUT2D eigenvalue weighted by Crippen LogP contribution is -2.41. The zero-order valence-corrected chi connectivity index (χ0v) is 16.2. The Hall–Kier alpha value is -2.86. The Morgan fingerprint density at radius 2 is 1.96 bits per heavy atom. The number of nitrogens with zero attached hydrogens (tertiary/aromatic N) is 3. The summed E-state index contributed by atoms with van der Waals surface area (Å²) in [5.74, 6) is 2.57. The van der Waals surface area contributed by atoms with E-state index in [0.29, 0.717) is 11.3 Å². The molecule has 2 aromatic heterocycles. The number of pyridine rings is 1. The van der Waals surface area contributed by atoms with Crippen LogP contribution in [0.2, 0.25) is 0 Å². The van der Waals surface area contributed by atoms with Crippen molar-refractivity contribution in [3.63, 3.8) is 0 Å². The van der Waals surface area contributed by atoms with Crippen molar-refractivity contribution in [3.8, 4) is 17.3 Å². The number of imidazole rings is 1. The number of phenols is 1. The van der Waals surface area contributed by atoms with Crippen molar-refractivity contribution < 1.29 is 14.9 Å². The van der Waals surface area contributed by atoms with Gasteiger partial charge in [-0.25, -0.2) is 9.97 Å². The first-order valence-corrected chi connectivity index (χ1v) is 9.65. The van der Waals surface area contributed by atoms with Crippen LogP contribution in [0.1, 0.15) is 56.0 Å². The summed E-state index contributed by atoms with van der Waals surface area (Å²) < 4.78 is 8.50. The second kappa shape index (κ2) is 7.28. The van der Waals surface area contributed by atoms with Crippen molar-refractivity contribution in [3.05, 3.63) is 65.9 Å². The lowest BCUT2D eigenvalue weighted by molar-refractivity contribution is -0.0142. The normalized spacial score (nSPS) is 15.4. The number of hydrogen-bond acceptors (Lipinski definition) is 5. The van der Waals surface area contributed by atoms with Gasteiger partial charge in [0.25, 0.3) is 0 Å². The fourth-order valence-electron chi connectivity index (χ4n) is 3.81. The van der Waals surface area contributed by atoms with E-state index < -0.39 is 5.60 Å². The smallest absolute Gasteiger partial charge is 0.145 e. The van der Waals surface area contributed by atoms with Gasteiger partial charge in [-0.05, 0) is 43.5 Å². The molecule has 28 heavy (non-hydrogen) atoms. The Kier molecular flexibility index (Phi) is 4.81. The molecular weight excluding hydrogens is 354 g/mol. The zero-order chi connectivity index (χ0) is 19.7. The van der Waals surface area contributed by atoms with E-state index in [2.05, 4.69) is 23.8 Å². The minimum absolute atomic E-state index is 0.0394. The van der Waals surface area contributed by atoms with Crippen LogP contribution in [0.4, 0.5) is 0 Å². The highest BCUT2D eigenvalue weighted by Crippen LogP contribution is 2.48. The molecule has 1 fully saturated rings. The SMILES string of the molecule is CC(C)c1nccn1-c1ncccc1C1(Oc2cccc(O)c2CO)CCC1. The van der Waals surface area contributed by atoms with Crippen LogP contribution >= 0.6 is 0 Å². The first-order valence-electron chi connectivity index (χ1n) is 9.65. The highest BCUT2D eigenvalue weighted by molar-refractivity contribution is 5.46. The summed E-state index contributed by atoms with van der Waals surface area (Å²) >= 11 is 0. The molecule has 6 heteroatoms. The first-order chi connectivity index (χ1) is 13.6. The van der Waals surface area contributed by atoms with Crippen LogP contribution in [0.25, 0.3) is 5.82 Å². The van der Waals surface area contributed by atoms with E-state index in [9.17, 15) is 10.2 Å². The van der Waals surface area contributed by atoms with Crippen LogP contribution in [0.5, 0.6) is 11.5 Å². The molecule has 1 aliphatic carbocycles. The summed E-state index contributed by atoms with van der Waals surface area (Å²) in [6.45, 7) is 3.94. The van der Waals surface area contributed by atoms with Gasteiger partial charge in [-0.2, -0.15) is 0 Å². The number of benzene rings is 1. The first kappa shape index (κ1) is 18.5. The molecule has 0 amide bonds. The summed E-state index contributed by atoms with van der Waals surface area (Å²) in [7, 11) is 0. The van der Waals surface area contributed by atoms with Gasteiger partial charge in [-0.1, -0.05) is 19.9 Å². The number of hydrogen-bond donors (Lipinski definition) is 2. The second-order valence-electron chi connectivity index (χ2n) is 7.55. The lowest BCUT2D eigenvalue weighted by Gasteiger charge is -2.43. The van der Waals surface area contributed by atoms with Gasteiger partial charge >= 0.3 is 0 Å². The average Bonchev–Trinajstić information content (AvgIpc) is 3.15. The Labute approximate surface area is 164 Å². The molecule has 146 valence electrons. The maximum absolute atomic E-state index is 10.1.